The first kappa shape index (κ1) is 18.5. The van der Waals surface area contributed by atoms with Crippen molar-refractivity contribution in [1.29, 1.82) is 0 Å². The predicted octanol–water partition coefficient (Wildman–Crippen LogP) is 5.89. The van der Waals surface area contributed by atoms with E-state index in [1.807, 2.05) is 31.2 Å². The van der Waals surface area contributed by atoms with Crippen LogP contribution < -0.4 is 4.74 Å². The summed E-state index contributed by atoms with van der Waals surface area (Å²) in [5.41, 5.74) is 3.89. The topological polar surface area (TPSA) is 35.5 Å². The molecule has 0 heterocycles. The summed E-state index contributed by atoms with van der Waals surface area (Å²) in [7, 11) is 0. The highest BCUT2D eigenvalue weighted by Crippen LogP contribution is 2.55. The standard InChI is InChI=1S/C23H25BrO3/c1-2-26-22(25)13-16-7-3-4-8-20(16)27-21-15-23(11-5-6-12-23)19-10-9-17(24)14-18(19)21/h3-4,7-10,14,21H,2,5-6,11-13,15H2,1H3. The van der Waals surface area contributed by atoms with Crippen molar-refractivity contribution in [2.75, 3.05) is 6.61 Å². The zero-order valence-corrected chi connectivity index (χ0v) is 17.3. The van der Waals surface area contributed by atoms with Crippen LogP contribution in [0.25, 0.3) is 0 Å². The Morgan fingerprint density at radius 1 is 1.19 bits per heavy atom. The predicted molar refractivity (Wildman–Crippen MR) is 109 cm³/mol. The van der Waals surface area contributed by atoms with Crippen molar-refractivity contribution < 1.29 is 14.3 Å². The number of carbonyl (C=O) groups is 1. The minimum atomic E-state index is -0.213. The molecule has 0 aromatic heterocycles. The van der Waals surface area contributed by atoms with E-state index in [0.29, 0.717) is 6.61 Å². The third-order valence-corrected chi connectivity index (χ3v) is 6.44. The Morgan fingerprint density at radius 3 is 2.74 bits per heavy atom. The maximum atomic E-state index is 12.0. The summed E-state index contributed by atoms with van der Waals surface area (Å²) in [6.07, 6.45) is 6.36. The number of esters is 1. The molecule has 2 aliphatic rings. The molecule has 1 saturated carbocycles. The summed E-state index contributed by atoms with van der Waals surface area (Å²) < 4.78 is 12.7. The van der Waals surface area contributed by atoms with E-state index >= 15 is 0 Å². The second-order valence-electron chi connectivity index (χ2n) is 7.62. The first-order valence-corrected chi connectivity index (χ1v) is 10.6. The average molecular weight is 429 g/mol. The first-order valence-electron chi connectivity index (χ1n) is 9.81. The van der Waals surface area contributed by atoms with Crippen LogP contribution in [-0.4, -0.2) is 12.6 Å². The average Bonchev–Trinajstić information content (AvgIpc) is 3.23. The molecule has 0 aliphatic heterocycles. The number of benzene rings is 2. The van der Waals surface area contributed by atoms with Crippen molar-refractivity contribution in [3.8, 4) is 5.75 Å². The van der Waals surface area contributed by atoms with Gasteiger partial charge >= 0.3 is 5.97 Å². The van der Waals surface area contributed by atoms with E-state index < -0.39 is 0 Å². The molecule has 142 valence electrons. The van der Waals surface area contributed by atoms with Gasteiger partial charge in [0.25, 0.3) is 0 Å². The van der Waals surface area contributed by atoms with Crippen molar-refractivity contribution >= 4 is 21.9 Å². The minimum absolute atomic E-state index is 0.0268. The van der Waals surface area contributed by atoms with E-state index in [2.05, 4.69) is 34.1 Å². The lowest BCUT2D eigenvalue weighted by molar-refractivity contribution is -0.142. The Bertz CT molecular complexity index is 839. The highest BCUT2D eigenvalue weighted by atomic mass is 79.9. The van der Waals surface area contributed by atoms with Gasteiger partial charge in [-0.25, -0.2) is 0 Å². The molecule has 0 bridgehead atoms. The van der Waals surface area contributed by atoms with Crippen LogP contribution in [-0.2, 0) is 21.4 Å². The fourth-order valence-corrected chi connectivity index (χ4v) is 5.15. The SMILES string of the molecule is CCOC(=O)Cc1ccccc1OC1CC2(CCCC2)c2ccc(Br)cc21. The van der Waals surface area contributed by atoms with Crippen LogP contribution in [0, 0.1) is 0 Å². The number of hydrogen-bond donors (Lipinski definition) is 0. The lowest BCUT2D eigenvalue weighted by atomic mass is 9.80. The zero-order valence-electron chi connectivity index (χ0n) is 15.7. The second-order valence-corrected chi connectivity index (χ2v) is 8.53. The summed E-state index contributed by atoms with van der Waals surface area (Å²) in [5, 5.41) is 0. The molecule has 2 aromatic carbocycles. The number of halogens is 1. The van der Waals surface area contributed by atoms with Crippen molar-refractivity contribution in [3.05, 3.63) is 63.6 Å². The van der Waals surface area contributed by atoms with Gasteiger partial charge in [0.05, 0.1) is 13.0 Å². The number of fused-ring (bicyclic) bond motifs is 2. The molecular formula is C23H25BrO3. The van der Waals surface area contributed by atoms with Gasteiger partial charge in [-0.2, -0.15) is 0 Å². The van der Waals surface area contributed by atoms with Crippen LogP contribution in [0.2, 0.25) is 0 Å². The Balaban J connectivity index is 1.63. The van der Waals surface area contributed by atoms with E-state index in [1.54, 1.807) is 0 Å². The van der Waals surface area contributed by atoms with E-state index in [-0.39, 0.29) is 23.9 Å². The van der Waals surface area contributed by atoms with Gasteiger partial charge in [0, 0.05) is 10.0 Å². The Hall–Kier alpha value is -1.81. The normalized spacial score (nSPS) is 19.9. The van der Waals surface area contributed by atoms with Crippen LogP contribution >= 0.6 is 15.9 Å². The Morgan fingerprint density at radius 2 is 1.96 bits per heavy atom. The molecule has 0 N–H and O–H groups in total. The molecular weight excluding hydrogens is 404 g/mol. The molecule has 0 amide bonds. The van der Waals surface area contributed by atoms with Gasteiger partial charge in [-0.05, 0) is 60.9 Å². The van der Waals surface area contributed by atoms with Gasteiger partial charge in [0.15, 0.2) is 0 Å². The lowest BCUT2D eigenvalue weighted by Gasteiger charge is -2.25. The van der Waals surface area contributed by atoms with Crippen LogP contribution in [0.4, 0.5) is 0 Å². The smallest absolute Gasteiger partial charge is 0.310 e. The number of rotatable bonds is 5. The first-order chi connectivity index (χ1) is 13.1. The molecule has 0 radical (unpaired) electrons. The van der Waals surface area contributed by atoms with Gasteiger partial charge in [-0.15, -0.1) is 0 Å². The van der Waals surface area contributed by atoms with E-state index in [4.69, 9.17) is 9.47 Å². The number of hydrogen-bond acceptors (Lipinski definition) is 3. The van der Waals surface area contributed by atoms with Crippen molar-refractivity contribution in [2.24, 2.45) is 0 Å². The fraction of sp³-hybridized carbons (Fsp3) is 0.435. The van der Waals surface area contributed by atoms with Crippen LogP contribution in [0.15, 0.2) is 46.9 Å². The lowest BCUT2D eigenvalue weighted by Crippen LogP contribution is -2.19. The molecule has 1 fully saturated rings. The van der Waals surface area contributed by atoms with Crippen molar-refractivity contribution in [2.45, 2.75) is 57.0 Å². The summed E-state index contributed by atoms with van der Waals surface area (Å²) >= 11 is 3.62. The molecule has 2 aromatic rings. The fourth-order valence-electron chi connectivity index (χ4n) is 4.77. The minimum Gasteiger partial charge on any atom is -0.485 e. The summed E-state index contributed by atoms with van der Waals surface area (Å²) in [6, 6.07) is 14.5. The molecule has 4 rings (SSSR count). The van der Waals surface area contributed by atoms with Crippen molar-refractivity contribution in [3.63, 3.8) is 0 Å². The molecule has 1 spiro atoms. The quantitative estimate of drug-likeness (QED) is 0.556. The van der Waals surface area contributed by atoms with E-state index in [0.717, 1.165) is 22.2 Å². The summed E-state index contributed by atoms with van der Waals surface area (Å²) in [4.78, 5) is 12.0. The molecule has 27 heavy (non-hydrogen) atoms. The number of ether oxygens (including phenoxy) is 2. The van der Waals surface area contributed by atoms with E-state index in [1.165, 1.54) is 36.8 Å². The third-order valence-electron chi connectivity index (χ3n) is 5.95. The number of para-hydroxylation sites is 1. The highest BCUT2D eigenvalue weighted by Gasteiger charge is 2.46. The Labute approximate surface area is 169 Å². The van der Waals surface area contributed by atoms with Gasteiger partial charge in [0.2, 0.25) is 0 Å². The van der Waals surface area contributed by atoms with Crippen LogP contribution in [0.1, 0.15) is 61.8 Å². The van der Waals surface area contributed by atoms with Crippen LogP contribution in [0.3, 0.4) is 0 Å². The molecule has 1 unspecified atom stereocenters. The molecule has 3 nitrogen and oxygen atoms in total. The van der Waals surface area contributed by atoms with Gasteiger partial charge in [0.1, 0.15) is 11.9 Å². The zero-order chi connectivity index (χ0) is 18.9. The molecule has 2 aliphatic carbocycles. The van der Waals surface area contributed by atoms with Crippen LogP contribution in [0.5, 0.6) is 5.75 Å². The second kappa shape index (κ2) is 7.67. The molecule has 0 saturated heterocycles. The number of carbonyl (C=O) groups excluding carboxylic acids is 1. The highest BCUT2D eigenvalue weighted by molar-refractivity contribution is 9.10. The largest absolute Gasteiger partial charge is 0.485 e. The third kappa shape index (κ3) is 3.64. The summed E-state index contributed by atoms with van der Waals surface area (Å²) in [5.74, 6) is 0.576. The Kier molecular flexibility index (Phi) is 5.27. The molecule has 1 atom stereocenters. The van der Waals surface area contributed by atoms with Gasteiger partial charge in [-0.3, -0.25) is 4.79 Å². The summed E-state index contributed by atoms with van der Waals surface area (Å²) in [6.45, 7) is 2.23. The maximum Gasteiger partial charge on any atom is 0.310 e. The molecule has 4 heteroatoms. The van der Waals surface area contributed by atoms with E-state index in [9.17, 15) is 4.79 Å². The van der Waals surface area contributed by atoms with Gasteiger partial charge < -0.3 is 9.47 Å². The van der Waals surface area contributed by atoms with Gasteiger partial charge in [-0.1, -0.05) is 53.0 Å². The monoisotopic (exact) mass is 428 g/mol. The maximum absolute atomic E-state index is 12.0. The van der Waals surface area contributed by atoms with Crippen molar-refractivity contribution in [1.82, 2.24) is 0 Å².